The molecule has 0 aliphatic carbocycles. The van der Waals surface area contributed by atoms with Crippen molar-refractivity contribution in [2.75, 3.05) is 7.05 Å². The van der Waals surface area contributed by atoms with Crippen LogP contribution in [0, 0.1) is 5.92 Å². The van der Waals surface area contributed by atoms with Crippen LogP contribution in [0.25, 0.3) is 0 Å². The third-order valence-electron chi connectivity index (χ3n) is 1.80. The zero-order valence-electron chi connectivity index (χ0n) is 8.14. The van der Waals surface area contributed by atoms with Crippen LogP contribution in [0.4, 0.5) is 0 Å². The number of hydrogen-bond acceptors (Lipinski definition) is 1. The molecule has 0 spiro atoms. The summed E-state index contributed by atoms with van der Waals surface area (Å²) >= 11 is 0. The second-order valence-electron chi connectivity index (χ2n) is 3.47. The second-order valence-corrected chi connectivity index (χ2v) is 3.47. The summed E-state index contributed by atoms with van der Waals surface area (Å²) in [4.78, 5) is 3.94. The van der Waals surface area contributed by atoms with Gasteiger partial charge < -0.3 is 4.99 Å². The van der Waals surface area contributed by atoms with Crippen molar-refractivity contribution in [3.05, 3.63) is 0 Å². The molecule has 66 valence electrons. The summed E-state index contributed by atoms with van der Waals surface area (Å²) in [6.45, 7) is 4.57. The Balaban J connectivity index is 2.91. The zero-order chi connectivity index (χ0) is 8.53. The first-order valence-corrected chi connectivity index (χ1v) is 4.68. The van der Waals surface area contributed by atoms with Gasteiger partial charge in [0.25, 0.3) is 0 Å². The van der Waals surface area contributed by atoms with Gasteiger partial charge in [-0.3, -0.25) is 0 Å². The smallest absolute Gasteiger partial charge is 0.0273 e. The molecule has 0 aliphatic heterocycles. The first kappa shape index (κ1) is 10.7. The predicted molar refractivity (Wildman–Crippen MR) is 52.3 cm³/mol. The highest BCUT2D eigenvalue weighted by atomic mass is 14.6. The Kier molecular flexibility index (Phi) is 7.54. The average molecular weight is 155 g/mol. The van der Waals surface area contributed by atoms with Crippen LogP contribution in [0.5, 0.6) is 0 Å². The third kappa shape index (κ3) is 9.67. The summed E-state index contributed by atoms with van der Waals surface area (Å²) in [6.07, 6.45) is 8.61. The van der Waals surface area contributed by atoms with Crippen molar-refractivity contribution >= 4 is 6.21 Å². The minimum absolute atomic E-state index is 0.870. The molecule has 0 aromatic heterocycles. The van der Waals surface area contributed by atoms with Crippen molar-refractivity contribution in [1.82, 2.24) is 0 Å². The Morgan fingerprint density at radius 2 is 1.91 bits per heavy atom. The molecule has 0 heterocycles. The minimum atomic E-state index is 0.870. The molecule has 0 unspecified atom stereocenters. The lowest BCUT2D eigenvalue weighted by Gasteiger charge is -2.02. The number of rotatable bonds is 6. The van der Waals surface area contributed by atoms with Gasteiger partial charge in [-0.15, -0.1) is 0 Å². The van der Waals surface area contributed by atoms with E-state index in [-0.39, 0.29) is 0 Å². The SMILES string of the molecule is C/N=C/CCCCCC(C)C. The van der Waals surface area contributed by atoms with Crippen LogP contribution in [0.3, 0.4) is 0 Å². The largest absolute Gasteiger partial charge is 0.301 e. The van der Waals surface area contributed by atoms with Gasteiger partial charge >= 0.3 is 0 Å². The van der Waals surface area contributed by atoms with Crippen molar-refractivity contribution in [2.45, 2.75) is 46.0 Å². The summed E-state index contributed by atoms with van der Waals surface area (Å²) in [6, 6.07) is 0. The van der Waals surface area contributed by atoms with Gasteiger partial charge in [0.1, 0.15) is 0 Å². The molecule has 0 aromatic rings. The number of hydrogen-bond donors (Lipinski definition) is 0. The van der Waals surface area contributed by atoms with E-state index in [1.807, 2.05) is 13.3 Å². The Hall–Kier alpha value is -0.330. The van der Waals surface area contributed by atoms with Crippen LogP contribution in [-0.4, -0.2) is 13.3 Å². The lowest BCUT2D eigenvalue weighted by atomic mass is 10.0. The molecule has 0 saturated carbocycles. The van der Waals surface area contributed by atoms with Crippen molar-refractivity contribution < 1.29 is 0 Å². The van der Waals surface area contributed by atoms with Crippen LogP contribution < -0.4 is 0 Å². The van der Waals surface area contributed by atoms with Crippen molar-refractivity contribution in [3.63, 3.8) is 0 Å². The lowest BCUT2D eigenvalue weighted by molar-refractivity contribution is 0.531. The van der Waals surface area contributed by atoms with E-state index >= 15 is 0 Å². The van der Waals surface area contributed by atoms with Crippen molar-refractivity contribution in [3.8, 4) is 0 Å². The van der Waals surface area contributed by atoms with E-state index in [0.717, 1.165) is 12.3 Å². The monoisotopic (exact) mass is 155 g/mol. The Morgan fingerprint density at radius 3 is 2.45 bits per heavy atom. The van der Waals surface area contributed by atoms with Gasteiger partial charge in [0, 0.05) is 7.05 Å². The van der Waals surface area contributed by atoms with Crippen molar-refractivity contribution in [2.24, 2.45) is 10.9 Å². The van der Waals surface area contributed by atoms with Gasteiger partial charge in [-0.05, 0) is 25.0 Å². The van der Waals surface area contributed by atoms with E-state index in [1.165, 1.54) is 25.7 Å². The van der Waals surface area contributed by atoms with Crippen LogP contribution in [0.1, 0.15) is 46.0 Å². The van der Waals surface area contributed by atoms with E-state index in [2.05, 4.69) is 18.8 Å². The molecule has 0 aromatic carbocycles. The maximum Gasteiger partial charge on any atom is 0.0273 e. The number of aliphatic imine (C=N–C) groups is 1. The summed E-state index contributed by atoms with van der Waals surface area (Å²) in [5.41, 5.74) is 0. The molecule has 0 radical (unpaired) electrons. The Bertz CT molecular complexity index is 95.0. The normalized spacial score (nSPS) is 11.6. The quantitative estimate of drug-likeness (QED) is 0.412. The molecule has 11 heavy (non-hydrogen) atoms. The zero-order valence-corrected chi connectivity index (χ0v) is 8.14. The summed E-state index contributed by atoms with van der Waals surface area (Å²) in [5, 5.41) is 0. The van der Waals surface area contributed by atoms with E-state index in [0.29, 0.717) is 0 Å². The molecule has 0 rings (SSSR count). The first-order valence-electron chi connectivity index (χ1n) is 4.68. The van der Waals surface area contributed by atoms with Crippen LogP contribution >= 0.6 is 0 Å². The molecule has 0 atom stereocenters. The molecule has 1 nitrogen and oxygen atoms in total. The molecular formula is C10H21N. The van der Waals surface area contributed by atoms with Crippen molar-refractivity contribution in [1.29, 1.82) is 0 Å². The second kappa shape index (κ2) is 7.77. The number of nitrogens with zero attached hydrogens (tertiary/aromatic N) is 1. The molecule has 0 bridgehead atoms. The molecule has 0 aliphatic rings. The fourth-order valence-electron chi connectivity index (χ4n) is 1.09. The highest BCUT2D eigenvalue weighted by Gasteiger charge is 1.92. The molecule has 1 heteroatoms. The minimum Gasteiger partial charge on any atom is -0.301 e. The van der Waals surface area contributed by atoms with E-state index in [4.69, 9.17) is 0 Å². The summed E-state index contributed by atoms with van der Waals surface area (Å²) in [7, 11) is 1.84. The fourth-order valence-corrected chi connectivity index (χ4v) is 1.09. The summed E-state index contributed by atoms with van der Waals surface area (Å²) in [5.74, 6) is 0.870. The Morgan fingerprint density at radius 1 is 1.18 bits per heavy atom. The van der Waals surface area contributed by atoms with Gasteiger partial charge in [0.2, 0.25) is 0 Å². The molecular weight excluding hydrogens is 134 g/mol. The van der Waals surface area contributed by atoms with Gasteiger partial charge in [0.15, 0.2) is 0 Å². The van der Waals surface area contributed by atoms with Crippen LogP contribution in [0.2, 0.25) is 0 Å². The topological polar surface area (TPSA) is 12.4 Å². The highest BCUT2D eigenvalue weighted by molar-refractivity contribution is 5.56. The standard InChI is InChI=1S/C10H21N/c1-10(2)8-6-4-5-7-9-11-3/h9-10H,4-8H2,1-3H3/b11-9+. The lowest BCUT2D eigenvalue weighted by Crippen LogP contribution is -1.87. The van der Waals surface area contributed by atoms with E-state index in [1.54, 1.807) is 0 Å². The van der Waals surface area contributed by atoms with Crippen LogP contribution in [-0.2, 0) is 0 Å². The molecule has 0 N–H and O–H groups in total. The maximum absolute atomic E-state index is 3.94. The van der Waals surface area contributed by atoms with Crippen LogP contribution in [0.15, 0.2) is 4.99 Å². The van der Waals surface area contributed by atoms with Gasteiger partial charge in [-0.1, -0.05) is 33.1 Å². The third-order valence-corrected chi connectivity index (χ3v) is 1.80. The van der Waals surface area contributed by atoms with Gasteiger partial charge in [-0.25, -0.2) is 0 Å². The maximum atomic E-state index is 3.94. The summed E-state index contributed by atoms with van der Waals surface area (Å²) < 4.78 is 0. The Labute approximate surface area is 70.9 Å². The predicted octanol–water partition coefficient (Wildman–Crippen LogP) is 3.29. The van der Waals surface area contributed by atoms with E-state index in [9.17, 15) is 0 Å². The fraction of sp³-hybridized carbons (Fsp3) is 0.900. The highest BCUT2D eigenvalue weighted by Crippen LogP contribution is 2.08. The first-order chi connectivity index (χ1) is 5.27. The van der Waals surface area contributed by atoms with Gasteiger partial charge in [-0.2, -0.15) is 0 Å². The molecule has 0 saturated heterocycles. The molecule has 0 amide bonds. The average Bonchev–Trinajstić information content (AvgIpc) is 1.96. The number of unbranched alkanes of at least 4 members (excludes halogenated alkanes) is 3. The van der Waals surface area contributed by atoms with Gasteiger partial charge in [0.05, 0.1) is 0 Å². The van der Waals surface area contributed by atoms with E-state index < -0.39 is 0 Å². The molecule has 0 fully saturated rings.